The fraction of sp³-hybridized carbons (Fsp3) is 0.526. The smallest absolute Gasteiger partial charge is 0.0951 e. The third kappa shape index (κ3) is 2.28. The number of nitrogens with zero attached hydrogens (tertiary/aromatic N) is 2. The van der Waals surface area contributed by atoms with E-state index in [-0.39, 0.29) is 6.10 Å². The number of aliphatic hydroxyl groups excluding tert-OH is 1. The van der Waals surface area contributed by atoms with Crippen molar-refractivity contribution in [1.82, 2.24) is 9.55 Å². The Morgan fingerprint density at radius 2 is 2.05 bits per heavy atom. The van der Waals surface area contributed by atoms with E-state index >= 15 is 0 Å². The van der Waals surface area contributed by atoms with Crippen LogP contribution < -0.4 is 0 Å². The molecule has 4 atom stereocenters. The first-order valence-corrected chi connectivity index (χ1v) is 8.45. The van der Waals surface area contributed by atoms with Crippen LogP contribution >= 0.6 is 0 Å². The van der Waals surface area contributed by atoms with Crippen LogP contribution in [0.15, 0.2) is 49.0 Å². The molecular weight excluding hydrogens is 272 g/mol. The van der Waals surface area contributed by atoms with Gasteiger partial charge in [0.15, 0.2) is 0 Å². The lowest BCUT2D eigenvalue weighted by Crippen LogP contribution is -2.28. The Morgan fingerprint density at radius 1 is 1.27 bits per heavy atom. The first kappa shape index (κ1) is 14.0. The van der Waals surface area contributed by atoms with Crippen molar-refractivity contribution >= 4 is 0 Å². The van der Waals surface area contributed by atoms with Crippen LogP contribution in [0.3, 0.4) is 0 Å². The van der Waals surface area contributed by atoms with E-state index in [1.165, 1.54) is 11.3 Å². The van der Waals surface area contributed by atoms with E-state index in [4.69, 9.17) is 0 Å². The Labute approximate surface area is 132 Å². The van der Waals surface area contributed by atoms with E-state index < -0.39 is 0 Å². The third-order valence-electron chi connectivity index (χ3n) is 5.78. The first-order chi connectivity index (χ1) is 10.7. The minimum absolute atomic E-state index is 0.216. The van der Waals surface area contributed by atoms with Crippen LogP contribution in [0.1, 0.15) is 49.8 Å². The van der Waals surface area contributed by atoms with Crippen molar-refractivity contribution in [1.29, 1.82) is 0 Å². The van der Waals surface area contributed by atoms with Crippen LogP contribution in [0.25, 0.3) is 0 Å². The van der Waals surface area contributed by atoms with Gasteiger partial charge < -0.3 is 9.67 Å². The molecule has 0 amide bonds. The van der Waals surface area contributed by atoms with Crippen molar-refractivity contribution in [3.8, 4) is 0 Å². The molecule has 1 aromatic rings. The van der Waals surface area contributed by atoms with Crippen molar-refractivity contribution in [3.63, 3.8) is 0 Å². The average molecular weight is 296 g/mol. The summed E-state index contributed by atoms with van der Waals surface area (Å²) in [4.78, 5) is 4.33. The lowest BCUT2D eigenvalue weighted by molar-refractivity contribution is 0.0658. The molecule has 0 aromatic carbocycles. The van der Waals surface area contributed by atoms with E-state index in [2.05, 4.69) is 40.4 Å². The average Bonchev–Trinajstić information content (AvgIpc) is 3.11. The van der Waals surface area contributed by atoms with Crippen molar-refractivity contribution in [2.24, 2.45) is 11.8 Å². The van der Waals surface area contributed by atoms with Gasteiger partial charge >= 0.3 is 0 Å². The second-order valence-corrected chi connectivity index (χ2v) is 7.06. The summed E-state index contributed by atoms with van der Waals surface area (Å²) in [5, 5.41) is 10.8. The van der Waals surface area contributed by atoms with Crippen LogP contribution in [0.2, 0.25) is 0 Å². The molecule has 1 N–H and O–H groups in total. The second kappa shape index (κ2) is 5.54. The van der Waals surface area contributed by atoms with Gasteiger partial charge in [0.2, 0.25) is 0 Å². The highest BCUT2D eigenvalue weighted by Crippen LogP contribution is 2.47. The maximum atomic E-state index is 10.8. The highest BCUT2D eigenvalue weighted by Gasteiger charge is 2.40. The van der Waals surface area contributed by atoms with Gasteiger partial charge in [-0.25, -0.2) is 4.98 Å². The molecule has 3 heteroatoms. The van der Waals surface area contributed by atoms with Crippen LogP contribution in [0, 0.1) is 11.8 Å². The highest BCUT2D eigenvalue weighted by molar-refractivity contribution is 5.31. The molecule has 0 bridgehead atoms. The first-order valence-electron chi connectivity index (χ1n) is 8.45. The fourth-order valence-corrected chi connectivity index (χ4v) is 4.47. The molecule has 116 valence electrons. The Hall–Kier alpha value is -1.61. The van der Waals surface area contributed by atoms with Gasteiger partial charge in [0.25, 0.3) is 0 Å². The van der Waals surface area contributed by atoms with Crippen molar-refractivity contribution in [2.45, 2.75) is 50.2 Å². The van der Waals surface area contributed by atoms with Gasteiger partial charge in [-0.1, -0.05) is 36.5 Å². The molecule has 0 radical (unpaired) electrons. The molecule has 3 aliphatic rings. The summed E-state index contributed by atoms with van der Waals surface area (Å²) in [6.45, 7) is 4.08. The maximum absolute atomic E-state index is 10.8. The summed E-state index contributed by atoms with van der Waals surface area (Å²) in [7, 11) is 0. The van der Waals surface area contributed by atoms with Gasteiger partial charge in [0.1, 0.15) is 0 Å². The van der Waals surface area contributed by atoms with Crippen molar-refractivity contribution in [3.05, 3.63) is 54.7 Å². The van der Waals surface area contributed by atoms with Crippen LogP contribution in [-0.2, 0) is 0 Å². The van der Waals surface area contributed by atoms with Crippen molar-refractivity contribution < 1.29 is 5.11 Å². The summed E-state index contributed by atoms with van der Waals surface area (Å²) >= 11 is 0. The Bertz CT molecular complexity index is 617. The van der Waals surface area contributed by atoms with Crippen LogP contribution in [-0.4, -0.2) is 20.8 Å². The largest absolute Gasteiger partial charge is 0.393 e. The zero-order valence-corrected chi connectivity index (χ0v) is 12.9. The third-order valence-corrected chi connectivity index (χ3v) is 5.78. The topological polar surface area (TPSA) is 38.1 Å². The second-order valence-electron chi connectivity index (χ2n) is 7.06. The number of allylic oxidation sites excluding steroid dienone is 5. The number of aliphatic hydroxyl groups is 1. The fourth-order valence-electron chi connectivity index (χ4n) is 4.47. The number of fused-ring (bicyclic) bond motifs is 3. The molecule has 4 rings (SSSR count). The molecule has 1 aromatic heterocycles. The predicted molar refractivity (Wildman–Crippen MR) is 87.5 cm³/mol. The maximum Gasteiger partial charge on any atom is 0.0951 e. The summed E-state index contributed by atoms with van der Waals surface area (Å²) in [5.74, 6) is 1.33. The molecule has 22 heavy (non-hydrogen) atoms. The molecule has 2 heterocycles. The highest BCUT2D eigenvalue weighted by atomic mass is 16.3. The minimum Gasteiger partial charge on any atom is -0.393 e. The predicted octanol–water partition coefficient (Wildman–Crippen LogP) is 3.76. The summed E-state index contributed by atoms with van der Waals surface area (Å²) in [6.07, 6.45) is 17.7. The zero-order valence-electron chi connectivity index (χ0n) is 12.9. The van der Waals surface area contributed by atoms with E-state index in [0.717, 1.165) is 32.1 Å². The Balaban J connectivity index is 1.51. The molecule has 1 saturated carbocycles. The zero-order chi connectivity index (χ0) is 15.1. The number of imidazole rings is 1. The molecule has 2 aliphatic carbocycles. The molecule has 1 fully saturated rings. The SMILES string of the molecule is C=C1CCC(C(O)CC2C3C=CC=CC3c3cncn32)CC1. The van der Waals surface area contributed by atoms with Gasteiger partial charge in [0.05, 0.1) is 12.4 Å². The van der Waals surface area contributed by atoms with E-state index in [0.29, 0.717) is 23.8 Å². The Kier molecular flexibility index (Phi) is 3.53. The molecule has 1 aliphatic heterocycles. The monoisotopic (exact) mass is 296 g/mol. The normalized spacial score (nSPS) is 32.0. The molecule has 3 nitrogen and oxygen atoms in total. The number of hydrogen-bond donors (Lipinski definition) is 1. The van der Waals surface area contributed by atoms with E-state index in [9.17, 15) is 5.11 Å². The van der Waals surface area contributed by atoms with Gasteiger partial charge in [0, 0.05) is 29.8 Å². The van der Waals surface area contributed by atoms with E-state index in [1.807, 2.05) is 12.5 Å². The van der Waals surface area contributed by atoms with Gasteiger partial charge in [-0.2, -0.15) is 0 Å². The molecule has 4 unspecified atom stereocenters. The summed E-state index contributed by atoms with van der Waals surface area (Å²) in [5.41, 5.74) is 2.64. The number of hydrogen-bond acceptors (Lipinski definition) is 2. The molecule has 0 saturated heterocycles. The van der Waals surface area contributed by atoms with Gasteiger partial charge in [-0.05, 0) is 38.0 Å². The van der Waals surface area contributed by atoms with Gasteiger partial charge in [-0.15, -0.1) is 0 Å². The molecule has 0 spiro atoms. The quantitative estimate of drug-likeness (QED) is 0.862. The summed E-state index contributed by atoms with van der Waals surface area (Å²) < 4.78 is 2.29. The lowest BCUT2D eigenvalue weighted by Gasteiger charge is -2.31. The van der Waals surface area contributed by atoms with Gasteiger partial charge in [-0.3, -0.25) is 0 Å². The minimum atomic E-state index is -0.216. The van der Waals surface area contributed by atoms with Crippen molar-refractivity contribution in [2.75, 3.05) is 0 Å². The standard InChI is InChI=1S/C19H24N2O/c1-13-6-8-14(9-7-13)19(22)10-17-15-4-2-3-5-16(15)18-11-20-12-21(17)18/h2-5,11-12,14-17,19,22H,1,6-10H2. The Morgan fingerprint density at radius 3 is 2.86 bits per heavy atom. The van der Waals surface area contributed by atoms with E-state index in [1.54, 1.807) is 0 Å². The summed E-state index contributed by atoms with van der Waals surface area (Å²) in [6, 6.07) is 0.337. The lowest BCUT2D eigenvalue weighted by atomic mass is 9.78. The van der Waals surface area contributed by atoms with Crippen LogP contribution in [0.4, 0.5) is 0 Å². The number of rotatable bonds is 3. The van der Waals surface area contributed by atoms with Crippen LogP contribution in [0.5, 0.6) is 0 Å². The molecular formula is C19H24N2O. The number of aromatic nitrogens is 2.